The van der Waals surface area contributed by atoms with Crippen LogP contribution in [0.1, 0.15) is 18.4 Å². The first-order chi connectivity index (χ1) is 13.7. The molecule has 1 aromatic carbocycles. The van der Waals surface area contributed by atoms with Crippen molar-refractivity contribution in [1.82, 2.24) is 20.3 Å². The summed E-state index contributed by atoms with van der Waals surface area (Å²) >= 11 is 0. The van der Waals surface area contributed by atoms with E-state index in [9.17, 15) is 0 Å². The van der Waals surface area contributed by atoms with Crippen LogP contribution in [0.15, 0.2) is 40.9 Å². The summed E-state index contributed by atoms with van der Waals surface area (Å²) in [6.45, 7) is 5.06. The smallest absolute Gasteiger partial charge is 0.278 e. The molecule has 0 aliphatic carbocycles. The number of piperidine rings is 1. The number of aryl methyl sites for hydroxylation is 1. The molecule has 0 bridgehead atoms. The molecule has 2 aliphatic heterocycles. The fourth-order valence-corrected chi connectivity index (χ4v) is 3.62. The Bertz CT molecular complexity index is 939. The normalized spacial score (nSPS) is 18.7. The summed E-state index contributed by atoms with van der Waals surface area (Å²) in [5.74, 6) is 1.34. The minimum absolute atomic E-state index is 0.361. The highest BCUT2D eigenvalue weighted by Gasteiger charge is 2.40. The molecule has 0 amide bonds. The van der Waals surface area contributed by atoms with Crippen molar-refractivity contribution in [2.45, 2.75) is 25.6 Å². The van der Waals surface area contributed by atoms with Gasteiger partial charge >= 0.3 is 0 Å². The number of hydrogen-bond donors (Lipinski definition) is 0. The summed E-state index contributed by atoms with van der Waals surface area (Å²) in [5, 5.41) is 12.7. The van der Waals surface area contributed by atoms with E-state index in [-0.39, 0.29) is 5.79 Å². The van der Waals surface area contributed by atoms with Gasteiger partial charge in [0.05, 0.1) is 13.2 Å². The molecule has 0 unspecified atom stereocenters. The zero-order chi connectivity index (χ0) is 19.0. The molecule has 5 rings (SSSR count). The Kier molecular flexibility index (Phi) is 4.29. The van der Waals surface area contributed by atoms with Crippen LogP contribution >= 0.6 is 0 Å². The van der Waals surface area contributed by atoms with Crippen LogP contribution in [0.4, 0.5) is 5.82 Å². The van der Waals surface area contributed by atoms with E-state index in [0.29, 0.717) is 30.6 Å². The molecule has 4 heterocycles. The van der Waals surface area contributed by atoms with Gasteiger partial charge in [-0.25, -0.2) is 0 Å². The predicted octanol–water partition coefficient (Wildman–Crippen LogP) is 2.85. The lowest BCUT2D eigenvalue weighted by molar-refractivity contribution is -0.169. The molecule has 3 aromatic rings. The lowest BCUT2D eigenvalue weighted by Gasteiger charge is -2.37. The highest BCUT2D eigenvalue weighted by molar-refractivity contribution is 5.58. The van der Waals surface area contributed by atoms with E-state index in [2.05, 4.69) is 25.2 Å². The molecule has 8 nitrogen and oxygen atoms in total. The molecule has 0 saturated carbocycles. The molecule has 144 valence electrons. The van der Waals surface area contributed by atoms with E-state index < -0.39 is 0 Å². The van der Waals surface area contributed by atoms with Crippen LogP contribution < -0.4 is 4.90 Å². The summed E-state index contributed by atoms with van der Waals surface area (Å²) in [6.07, 6.45) is 1.67. The van der Waals surface area contributed by atoms with E-state index >= 15 is 0 Å². The Morgan fingerprint density at radius 1 is 0.929 bits per heavy atom. The van der Waals surface area contributed by atoms with E-state index in [1.807, 2.05) is 43.3 Å². The summed E-state index contributed by atoms with van der Waals surface area (Å²) < 4.78 is 16.9. The summed E-state index contributed by atoms with van der Waals surface area (Å²) in [6, 6.07) is 11.8. The maximum absolute atomic E-state index is 5.78. The Balaban J connectivity index is 1.28. The van der Waals surface area contributed by atoms with Gasteiger partial charge in [-0.2, -0.15) is 4.98 Å². The van der Waals surface area contributed by atoms with E-state index in [4.69, 9.17) is 14.0 Å². The number of rotatable bonds is 3. The topological polar surface area (TPSA) is 86.4 Å². The first-order valence-electron chi connectivity index (χ1n) is 9.49. The van der Waals surface area contributed by atoms with Gasteiger partial charge in [-0.3, -0.25) is 0 Å². The molecule has 2 aliphatic rings. The Morgan fingerprint density at radius 2 is 1.68 bits per heavy atom. The van der Waals surface area contributed by atoms with Crippen molar-refractivity contribution >= 4 is 5.82 Å². The van der Waals surface area contributed by atoms with Gasteiger partial charge in [0.1, 0.15) is 0 Å². The van der Waals surface area contributed by atoms with Gasteiger partial charge in [0.15, 0.2) is 17.3 Å². The van der Waals surface area contributed by atoms with E-state index in [0.717, 1.165) is 37.3 Å². The Labute approximate surface area is 162 Å². The maximum atomic E-state index is 5.78. The number of anilines is 1. The fraction of sp³-hybridized carbons (Fsp3) is 0.400. The van der Waals surface area contributed by atoms with Crippen LogP contribution in [-0.4, -0.2) is 52.4 Å². The van der Waals surface area contributed by atoms with Crippen molar-refractivity contribution in [3.8, 4) is 23.0 Å². The average Bonchev–Trinajstić information content (AvgIpc) is 3.40. The number of hydrogen-bond acceptors (Lipinski definition) is 8. The van der Waals surface area contributed by atoms with Gasteiger partial charge in [-0.05, 0) is 19.1 Å². The third-order valence-electron chi connectivity index (χ3n) is 5.27. The monoisotopic (exact) mass is 379 g/mol. The number of benzene rings is 1. The lowest BCUT2D eigenvalue weighted by atomic mass is 10.0. The SMILES string of the molecule is Cc1ccc(-c2noc(-c3ccc(N4CCC5(CC4)OCCO5)nn3)n2)cc1. The molecule has 2 saturated heterocycles. The highest BCUT2D eigenvalue weighted by Crippen LogP contribution is 2.32. The molecule has 0 atom stereocenters. The van der Waals surface area contributed by atoms with Crippen molar-refractivity contribution in [3.63, 3.8) is 0 Å². The summed E-state index contributed by atoms with van der Waals surface area (Å²) in [4.78, 5) is 6.64. The summed E-state index contributed by atoms with van der Waals surface area (Å²) in [5.41, 5.74) is 2.65. The molecular weight excluding hydrogens is 358 g/mol. The number of nitrogens with zero attached hydrogens (tertiary/aromatic N) is 5. The van der Waals surface area contributed by atoms with Crippen molar-refractivity contribution in [2.75, 3.05) is 31.2 Å². The van der Waals surface area contributed by atoms with Crippen molar-refractivity contribution in [2.24, 2.45) is 0 Å². The van der Waals surface area contributed by atoms with Crippen molar-refractivity contribution < 1.29 is 14.0 Å². The molecule has 2 fully saturated rings. The first-order valence-corrected chi connectivity index (χ1v) is 9.49. The third-order valence-corrected chi connectivity index (χ3v) is 5.27. The van der Waals surface area contributed by atoms with Crippen LogP contribution in [-0.2, 0) is 9.47 Å². The molecule has 1 spiro atoms. The number of ether oxygens (including phenoxy) is 2. The van der Waals surface area contributed by atoms with E-state index in [1.165, 1.54) is 5.56 Å². The van der Waals surface area contributed by atoms with Gasteiger partial charge < -0.3 is 18.9 Å². The molecule has 28 heavy (non-hydrogen) atoms. The second-order valence-electron chi connectivity index (χ2n) is 7.16. The van der Waals surface area contributed by atoms with Crippen molar-refractivity contribution in [3.05, 3.63) is 42.0 Å². The van der Waals surface area contributed by atoms with Gasteiger partial charge in [-0.1, -0.05) is 35.0 Å². The highest BCUT2D eigenvalue weighted by atomic mass is 16.7. The third kappa shape index (κ3) is 3.25. The van der Waals surface area contributed by atoms with Gasteiger partial charge in [-0.15, -0.1) is 10.2 Å². The molecule has 2 aromatic heterocycles. The first kappa shape index (κ1) is 17.3. The molecule has 8 heteroatoms. The van der Waals surface area contributed by atoms with E-state index in [1.54, 1.807) is 0 Å². The second kappa shape index (κ2) is 6.96. The van der Waals surface area contributed by atoms with Gasteiger partial charge in [0.25, 0.3) is 5.89 Å². The lowest BCUT2D eigenvalue weighted by Crippen LogP contribution is -2.45. The zero-order valence-electron chi connectivity index (χ0n) is 15.7. The molecule has 0 N–H and O–H groups in total. The standard InChI is InChI=1S/C20H21N5O3/c1-14-2-4-15(5-3-14)18-21-19(28-24-18)16-6-7-17(23-22-16)25-10-8-20(9-11-25)26-12-13-27-20/h2-7H,8-13H2,1H3. The van der Waals surface area contributed by atoms with Crippen LogP contribution in [0.25, 0.3) is 23.0 Å². The molecular formula is C20H21N5O3. The van der Waals surface area contributed by atoms with Crippen LogP contribution in [0.3, 0.4) is 0 Å². The van der Waals surface area contributed by atoms with Crippen LogP contribution in [0, 0.1) is 6.92 Å². The zero-order valence-corrected chi connectivity index (χ0v) is 15.7. The summed E-state index contributed by atoms with van der Waals surface area (Å²) in [7, 11) is 0. The minimum atomic E-state index is -0.389. The quantitative estimate of drug-likeness (QED) is 0.687. The second-order valence-corrected chi connectivity index (χ2v) is 7.16. The maximum Gasteiger partial charge on any atom is 0.278 e. The minimum Gasteiger partial charge on any atom is -0.355 e. The largest absolute Gasteiger partial charge is 0.355 e. The van der Waals surface area contributed by atoms with Crippen LogP contribution in [0.5, 0.6) is 0 Å². The van der Waals surface area contributed by atoms with Crippen LogP contribution in [0.2, 0.25) is 0 Å². The Morgan fingerprint density at radius 3 is 2.36 bits per heavy atom. The average molecular weight is 379 g/mol. The fourth-order valence-electron chi connectivity index (χ4n) is 3.62. The predicted molar refractivity (Wildman–Crippen MR) is 102 cm³/mol. The van der Waals surface area contributed by atoms with Gasteiger partial charge in [0.2, 0.25) is 5.82 Å². The Hall–Kier alpha value is -2.84. The number of aromatic nitrogens is 4. The van der Waals surface area contributed by atoms with Crippen molar-refractivity contribution in [1.29, 1.82) is 0 Å². The van der Waals surface area contributed by atoms with Gasteiger partial charge in [0, 0.05) is 31.5 Å². The molecule has 0 radical (unpaired) electrons.